The fourth-order valence-corrected chi connectivity index (χ4v) is 2.94. The van der Waals surface area contributed by atoms with E-state index in [1.807, 2.05) is 34.2 Å². The van der Waals surface area contributed by atoms with Gasteiger partial charge in [-0.3, -0.25) is 4.40 Å². The van der Waals surface area contributed by atoms with Crippen molar-refractivity contribution in [2.75, 3.05) is 0 Å². The quantitative estimate of drug-likeness (QED) is 0.555. The number of nitrogens with zero attached hydrogens (tertiary/aromatic N) is 8. The Labute approximate surface area is 144 Å². The average Bonchev–Trinajstić information content (AvgIpc) is 3.25. The third kappa shape index (κ3) is 2.75. The van der Waals surface area contributed by atoms with E-state index < -0.39 is 0 Å². The zero-order valence-electron chi connectivity index (χ0n) is 14.2. The number of rotatable bonds is 5. The van der Waals surface area contributed by atoms with Gasteiger partial charge in [0.05, 0.1) is 12.2 Å². The standard InChI is InChI=1S/C17H18N8/c1-3-5-13-15(19-11-25-12(2)21-23-16(13)25)10-24-9-8-18-17(24)14-6-4-7-20-22-14/h4,6-9,11H,3,5,10H2,1-2H3. The molecule has 4 aromatic rings. The number of aryl methyl sites for hydroxylation is 2. The summed E-state index contributed by atoms with van der Waals surface area (Å²) in [6.45, 7) is 4.68. The predicted molar refractivity (Wildman–Crippen MR) is 91.9 cm³/mol. The van der Waals surface area contributed by atoms with E-state index in [9.17, 15) is 0 Å². The predicted octanol–water partition coefficient (Wildman–Crippen LogP) is 2.09. The molecular weight excluding hydrogens is 316 g/mol. The first-order valence-electron chi connectivity index (χ1n) is 8.25. The lowest BCUT2D eigenvalue weighted by atomic mass is 10.1. The highest BCUT2D eigenvalue weighted by Crippen LogP contribution is 2.20. The van der Waals surface area contributed by atoms with Crippen molar-refractivity contribution in [3.8, 4) is 11.5 Å². The minimum Gasteiger partial charge on any atom is -0.324 e. The van der Waals surface area contributed by atoms with Crippen LogP contribution in [-0.4, -0.2) is 39.3 Å². The lowest BCUT2D eigenvalue weighted by Crippen LogP contribution is -2.09. The smallest absolute Gasteiger partial charge is 0.167 e. The molecule has 0 aliphatic rings. The molecule has 25 heavy (non-hydrogen) atoms. The van der Waals surface area contributed by atoms with Crippen LogP contribution >= 0.6 is 0 Å². The van der Waals surface area contributed by atoms with Crippen LogP contribution in [0.1, 0.15) is 30.4 Å². The first kappa shape index (κ1) is 15.4. The fourth-order valence-electron chi connectivity index (χ4n) is 2.94. The molecule has 0 amide bonds. The summed E-state index contributed by atoms with van der Waals surface area (Å²) in [5, 5.41) is 16.6. The molecule has 0 aliphatic carbocycles. The summed E-state index contributed by atoms with van der Waals surface area (Å²) >= 11 is 0. The number of hydrogen-bond donors (Lipinski definition) is 0. The van der Waals surface area contributed by atoms with Gasteiger partial charge in [-0.2, -0.15) is 5.10 Å². The van der Waals surface area contributed by atoms with Crippen LogP contribution in [0, 0.1) is 6.92 Å². The van der Waals surface area contributed by atoms with Crippen LogP contribution in [0.5, 0.6) is 0 Å². The van der Waals surface area contributed by atoms with Crippen molar-refractivity contribution in [3.05, 3.63) is 54.1 Å². The van der Waals surface area contributed by atoms with Gasteiger partial charge in [0.15, 0.2) is 11.5 Å². The van der Waals surface area contributed by atoms with Crippen molar-refractivity contribution in [2.24, 2.45) is 0 Å². The number of hydrogen-bond acceptors (Lipinski definition) is 6. The molecule has 0 unspecified atom stereocenters. The van der Waals surface area contributed by atoms with Crippen LogP contribution in [0.2, 0.25) is 0 Å². The maximum absolute atomic E-state index is 4.67. The van der Waals surface area contributed by atoms with E-state index in [0.29, 0.717) is 6.54 Å². The van der Waals surface area contributed by atoms with Crippen LogP contribution < -0.4 is 0 Å². The van der Waals surface area contributed by atoms with Crippen molar-refractivity contribution in [1.82, 2.24) is 39.3 Å². The van der Waals surface area contributed by atoms with Gasteiger partial charge in [0.1, 0.15) is 17.8 Å². The van der Waals surface area contributed by atoms with E-state index in [4.69, 9.17) is 0 Å². The Kier molecular flexibility index (Phi) is 3.93. The van der Waals surface area contributed by atoms with Gasteiger partial charge >= 0.3 is 0 Å². The SMILES string of the molecule is CCCc1c(Cn2ccnc2-c2cccnn2)ncn2c(C)nnc12. The second-order valence-electron chi connectivity index (χ2n) is 5.85. The minimum atomic E-state index is 0.601. The molecule has 0 fully saturated rings. The Morgan fingerprint density at radius 2 is 2.00 bits per heavy atom. The Hall–Kier alpha value is -3.16. The van der Waals surface area contributed by atoms with Crippen LogP contribution in [-0.2, 0) is 13.0 Å². The van der Waals surface area contributed by atoms with Gasteiger partial charge in [-0.25, -0.2) is 9.97 Å². The normalized spacial score (nSPS) is 11.3. The number of fused-ring (bicyclic) bond motifs is 1. The molecule has 0 aliphatic heterocycles. The van der Waals surface area contributed by atoms with Gasteiger partial charge in [0.2, 0.25) is 0 Å². The summed E-state index contributed by atoms with van der Waals surface area (Å²) in [5.74, 6) is 1.61. The van der Waals surface area contributed by atoms with Crippen molar-refractivity contribution in [3.63, 3.8) is 0 Å². The summed E-state index contributed by atoms with van der Waals surface area (Å²) in [6.07, 6.45) is 9.06. The molecule has 0 bridgehead atoms. The highest BCUT2D eigenvalue weighted by molar-refractivity contribution is 5.51. The van der Waals surface area contributed by atoms with Crippen molar-refractivity contribution in [2.45, 2.75) is 33.2 Å². The summed E-state index contributed by atoms with van der Waals surface area (Å²) < 4.78 is 3.97. The van der Waals surface area contributed by atoms with E-state index >= 15 is 0 Å². The Bertz CT molecular complexity index is 1000. The Morgan fingerprint density at radius 3 is 2.80 bits per heavy atom. The highest BCUT2D eigenvalue weighted by atomic mass is 15.3. The van der Waals surface area contributed by atoms with Crippen LogP contribution in [0.4, 0.5) is 0 Å². The van der Waals surface area contributed by atoms with Crippen LogP contribution in [0.25, 0.3) is 17.2 Å². The maximum Gasteiger partial charge on any atom is 0.167 e. The van der Waals surface area contributed by atoms with Crippen molar-refractivity contribution in [1.29, 1.82) is 0 Å². The third-order valence-corrected chi connectivity index (χ3v) is 4.15. The second-order valence-corrected chi connectivity index (χ2v) is 5.85. The summed E-state index contributed by atoms with van der Waals surface area (Å²) in [7, 11) is 0. The van der Waals surface area contributed by atoms with Crippen molar-refractivity contribution >= 4 is 5.65 Å². The lowest BCUT2D eigenvalue weighted by Gasteiger charge is -2.11. The minimum absolute atomic E-state index is 0.601. The molecule has 8 nitrogen and oxygen atoms in total. The Morgan fingerprint density at radius 1 is 1.08 bits per heavy atom. The van der Waals surface area contributed by atoms with Crippen LogP contribution in [0.3, 0.4) is 0 Å². The zero-order valence-corrected chi connectivity index (χ0v) is 14.2. The van der Waals surface area contributed by atoms with Gasteiger partial charge in [0, 0.05) is 24.2 Å². The first-order valence-corrected chi connectivity index (χ1v) is 8.25. The van der Waals surface area contributed by atoms with Gasteiger partial charge in [-0.1, -0.05) is 13.3 Å². The molecule has 0 saturated carbocycles. The summed E-state index contributed by atoms with van der Waals surface area (Å²) in [4.78, 5) is 9.09. The third-order valence-electron chi connectivity index (χ3n) is 4.15. The van der Waals surface area contributed by atoms with Gasteiger partial charge < -0.3 is 4.57 Å². The summed E-state index contributed by atoms with van der Waals surface area (Å²) in [5.41, 5.74) is 3.73. The van der Waals surface area contributed by atoms with Gasteiger partial charge in [-0.05, 0) is 25.5 Å². The summed E-state index contributed by atoms with van der Waals surface area (Å²) in [6, 6.07) is 3.75. The molecule has 0 N–H and O–H groups in total. The molecular formula is C17H18N8. The fraction of sp³-hybridized carbons (Fsp3) is 0.294. The molecule has 0 spiro atoms. The maximum atomic E-state index is 4.67. The first-order chi connectivity index (χ1) is 12.3. The molecule has 0 radical (unpaired) electrons. The van der Waals surface area contributed by atoms with E-state index in [2.05, 4.69) is 37.3 Å². The Balaban J connectivity index is 1.77. The highest BCUT2D eigenvalue weighted by Gasteiger charge is 2.15. The van der Waals surface area contributed by atoms with Gasteiger partial charge in [0.25, 0.3) is 0 Å². The molecule has 4 rings (SSSR count). The van der Waals surface area contributed by atoms with Crippen LogP contribution in [0.15, 0.2) is 37.1 Å². The van der Waals surface area contributed by atoms with E-state index in [1.165, 1.54) is 0 Å². The van der Waals surface area contributed by atoms with E-state index in [1.54, 1.807) is 18.7 Å². The molecule has 126 valence electrons. The molecule has 8 heteroatoms. The number of aromatic nitrogens is 8. The molecule has 0 aromatic carbocycles. The molecule has 4 heterocycles. The molecule has 4 aromatic heterocycles. The van der Waals surface area contributed by atoms with Crippen molar-refractivity contribution < 1.29 is 0 Å². The topological polar surface area (TPSA) is 86.7 Å². The monoisotopic (exact) mass is 334 g/mol. The zero-order chi connectivity index (χ0) is 17.2. The van der Waals surface area contributed by atoms with E-state index in [-0.39, 0.29) is 0 Å². The van der Waals surface area contributed by atoms with Gasteiger partial charge in [-0.15, -0.1) is 15.3 Å². The lowest BCUT2D eigenvalue weighted by molar-refractivity contribution is 0.747. The molecule has 0 atom stereocenters. The number of imidazole rings is 1. The average molecular weight is 334 g/mol. The second kappa shape index (κ2) is 6.39. The largest absolute Gasteiger partial charge is 0.324 e. The van der Waals surface area contributed by atoms with E-state index in [0.717, 1.165) is 47.1 Å². The molecule has 0 saturated heterocycles.